The minimum Gasteiger partial charge on any atom is -0.469 e. The van der Waals surface area contributed by atoms with E-state index in [1.807, 2.05) is 29.9 Å². The van der Waals surface area contributed by atoms with Gasteiger partial charge in [-0.15, -0.1) is 5.10 Å². The molecule has 2 fully saturated rings. The van der Waals surface area contributed by atoms with Crippen molar-refractivity contribution in [2.45, 2.75) is 45.8 Å². The number of nitrogens with zero attached hydrogens (tertiary/aromatic N) is 7. The zero-order valence-corrected chi connectivity index (χ0v) is 21.7. The summed E-state index contributed by atoms with van der Waals surface area (Å²) < 4.78 is 12.4. The Labute approximate surface area is 207 Å². The number of aromatic nitrogens is 5. The average Bonchev–Trinajstić information content (AvgIpc) is 3.31. The van der Waals surface area contributed by atoms with Crippen molar-refractivity contribution in [3.05, 3.63) is 29.2 Å². The van der Waals surface area contributed by atoms with E-state index in [4.69, 9.17) is 9.47 Å². The first kappa shape index (κ1) is 25.5. The Kier molecular flexibility index (Phi) is 7.67. The maximum atomic E-state index is 12.3. The van der Waals surface area contributed by atoms with E-state index in [-0.39, 0.29) is 29.4 Å². The van der Waals surface area contributed by atoms with Crippen LogP contribution < -0.4 is 10.2 Å². The van der Waals surface area contributed by atoms with E-state index >= 15 is 0 Å². The van der Waals surface area contributed by atoms with E-state index in [0.29, 0.717) is 13.0 Å². The normalized spacial score (nSPS) is 22.9. The van der Waals surface area contributed by atoms with E-state index in [1.54, 1.807) is 0 Å². The van der Waals surface area contributed by atoms with Crippen molar-refractivity contribution in [3.8, 4) is 0 Å². The fourth-order valence-corrected chi connectivity index (χ4v) is 4.99. The van der Waals surface area contributed by atoms with Crippen molar-refractivity contribution in [3.63, 3.8) is 0 Å². The molecule has 1 saturated carbocycles. The van der Waals surface area contributed by atoms with Crippen LogP contribution in [0.2, 0.25) is 0 Å². The second-order valence-electron chi connectivity index (χ2n) is 10.3. The lowest BCUT2D eigenvalue weighted by Gasteiger charge is -2.51. The number of rotatable bonds is 9. The van der Waals surface area contributed by atoms with Crippen molar-refractivity contribution in [1.29, 1.82) is 0 Å². The molecule has 11 heteroatoms. The largest absolute Gasteiger partial charge is 0.469 e. The molecule has 0 bridgehead atoms. The smallest absolute Gasteiger partial charge is 0.309 e. The molecular weight excluding hydrogens is 448 g/mol. The number of hydrogen-bond donors (Lipinski definition) is 1. The fourth-order valence-electron chi connectivity index (χ4n) is 4.99. The maximum absolute atomic E-state index is 12.3. The van der Waals surface area contributed by atoms with Crippen molar-refractivity contribution >= 4 is 11.8 Å². The van der Waals surface area contributed by atoms with Gasteiger partial charge in [0, 0.05) is 46.0 Å². The second kappa shape index (κ2) is 10.5. The number of nitrogens with one attached hydrogen (secondary N) is 1. The van der Waals surface area contributed by atoms with Crippen LogP contribution in [0.1, 0.15) is 43.3 Å². The van der Waals surface area contributed by atoms with E-state index in [0.717, 1.165) is 55.6 Å². The Hall–Kier alpha value is -2.63. The number of aryl methyl sites for hydroxylation is 1. The Balaban J connectivity index is 1.61. The van der Waals surface area contributed by atoms with Crippen LogP contribution in [0.3, 0.4) is 0 Å². The SMILES string of the molecule is COC(=O)[C@H]1C[C@@H](NC(c2cnc(N(C)C)cc2C)c2nnnn2CCN2CCOCC2)C1(C)C. The van der Waals surface area contributed by atoms with Crippen LogP contribution in [0.5, 0.6) is 0 Å². The van der Waals surface area contributed by atoms with Gasteiger partial charge < -0.3 is 19.7 Å². The van der Waals surface area contributed by atoms with Crippen LogP contribution in [0.25, 0.3) is 0 Å². The highest BCUT2D eigenvalue weighted by molar-refractivity contribution is 5.75. The maximum Gasteiger partial charge on any atom is 0.309 e. The Morgan fingerprint density at radius 1 is 1.31 bits per heavy atom. The van der Waals surface area contributed by atoms with Gasteiger partial charge in [-0.25, -0.2) is 9.67 Å². The van der Waals surface area contributed by atoms with Crippen LogP contribution in [-0.2, 0) is 20.8 Å². The number of morpholine rings is 1. The Morgan fingerprint density at radius 2 is 2.06 bits per heavy atom. The number of tetrazole rings is 1. The van der Waals surface area contributed by atoms with Gasteiger partial charge in [-0.3, -0.25) is 9.69 Å². The molecule has 0 radical (unpaired) electrons. The molecule has 1 aliphatic carbocycles. The van der Waals surface area contributed by atoms with Gasteiger partial charge in [0.05, 0.1) is 38.8 Å². The van der Waals surface area contributed by atoms with Gasteiger partial charge >= 0.3 is 5.97 Å². The molecule has 0 aromatic carbocycles. The molecule has 3 atom stereocenters. The molecule has 3 heterocycles. The lowest BCUT2D eigenvalue weighted by molar-refractivity contribution is -0.159. The van der Waals surface area contributed by atoms with Crippen molar-refractivity contribution in [1.82, 2.24) is 35.4 Å². The summed E-state index contributed by atoms with van der Waals surface area (Å²) in [5.41, 5.74) is 1.86. The molecule has 0 spiro atoms. The van der Waals surface area contributed by atoms with Crippen molar-refractivity contribution in [2.75, 3.05) is 59.0 Å². The van der Waals surface area contributed by atoms with Gasteiger partial charge in [0.25, 0.3) is 0 Å². The molecule has 1 unspecified atom stereocenters. The van der Waals surface area contributed by atoms with E-state index in [9.17, 15) is 4.79 Å². The summed E-state index contributed by atoms with van der Waals surface area (Å²) in [6, 6.07) is 1.91. The van der Waals surface area contributed by atoms with Gasteiger partial charge in [0.2, 0.25) is 0 Å². The topological polar surface area (TPSA) is 111 Å². The lowest BCUT2D eigenvalue weighted by Crippen LogP contribution is -2.60. The fraction of sp³-hybridized carbons (Fsp3) is 0.708. The molecule has 1 saturated heterocycles. The highest BCUT2D eigenvalue weighted by Gasteiger charge is 2.53. The second-order valence-corrected chi connectivity index (χ2v) is 10.3. The van der Waals surface area contributed by atoms with Crippen LogP contribution >= 0.6 is 0 Å². The Bertz CT molecular complexity index is 1020. The molecule has 2 aliphatic rings. The lowest BCUT2D eigenvalue weighted by atomic mass is 9.58. The first-order chi connectivity index (χ1) is 16.7. The number of carbonyl (C=O) groups excluding carboxylic acids is 1. The summed E-state index contributed by atoms with van der Waals surface area (Å²) in [6.07, 6.45) is 2.61. The summed E-state index contributed by atoms with van der Waals surface area (Å²) in [5, 5.41) is 16.6. The van der Waals surface area contributed by atoms with Gasteiger partial charge in [-0.1, -0.05) is 13.8 Å². The predicted molar refractivity (Wildman–Crippen MR) is 131 cm³/mol. The zero-order valence-electron chi connectivity index (χ0n) is 21.7. The third-order valence-corrected chi connectivity index (χ3v) is 7.58. The number of hydrogen-bond acceptors (Lipinski definition) is 10. The van der Waals surface area contributed by atoms with Crippen LogP contribution in [0, 0.1) is 18.3 Å². The monoisotopic (exact) mass is 486 g/mol. The summed E-state index contributed by atoms with van der Waals surface area (Å²) in [4.78, 5) is 21.3. The highest BCUT2D eigenvalue weighted by Crippen LogP contribution is 2.48. The molecule has 2 aromatic heterocycles. The number of methoxy groups -OCH3 is 1. The van der Waals surface area contributed by atoms with Gasteiger partial charge in [0.15, 0.2) is 5.82 Å². The van der Waals surface area contributed by atoms with Crippen molar-refractivity contribution in [2.24, 2.45) is 11.3 Å². The van der Waals surface area contributed by atoms with Crippen LogP contribution in [-0.4, -0.2) is 96.2 Å². The van der Waals surface area contributed by atoms with E-state index in [1.165, 1.54) is 7.11 Å². The highest BCUT2D eigenvalue weighted by atomic mass is 16.5. The quantitative estimate of drug-likeness (QED) is 0.516. The molecule has 0 amide bonds. The molecule has 1 aliphatic heterocycles. The number of pyridine rings is 1. The Morgan fingerprint density at radius 3 is 2.69 bits per heavy atom. The van der Waals surface area contributed by atoms with Crippen molar-refractivity contribution < 1.29 is 14.3 Å². The third kappa shape index (κ3) is 5.31. The molecular formula is C24H38N8O3. The summed E-state index contributed by atoms with van der Waals surface area (Å²) in [7, 11) is 5.41. The first-order valence-electron chi connectivity index (χ1n) is 12.3. The molecule has 1 N–H and O–H groups in total. The molecule has 35 heavy (non-hydrogen) atoms. The summed E-state index contributed by atoms with van der Waals surface area (Å²) >= 11 is 0. The minimum atomic E-state index is -0.263. The molecule has 192 valence electrons. The number of esters is 1. The van der Waals surface area contributed by atoms with Gasteiger partial charge in [-0.05, 0) is 46.4 Å². The molecule has 11 nitrogen and oxygen atoms in total. The zero-order chi connectivity index (χ0) is 25.2. The van der Waals surface area contributed by atoms with Crippen LogP contribution in [0.15, 0.2) is 12.3 Å². The number of carbonyl (C=O) groups is 1. The number of ether oxygens (including phenoxy) is 2. The van der Waals surface area contributed by atoms with Crippen LogP contribution in [0.4, 0.5) is 5.82 Å². The minimum absolute atomic E-state index is 0.0916. The molecule has 4 rings (SSSR count). The summed E-state index contributed by atoms with van der Waals surface area (Å²) in [5.74, 6) is 1.34. The predicted octanol–water partition coefficient (Wildman–Crippen LogP) is 1.04. The van der Waals surface area contributed by atoms with Gasteiger partial charge in [0.1, 0.15) is 5.82 Å². The number of anilines is 1. The standard InChI is InChI=1S/C24H38N8O3/c1-16-13-20(30(4)5)25-15-17(16)21(26-19-14-18(23(33)34-6)24(19,2)3)22-27-28-29-32(22)8-7-31-9-11-35-12-10-31/h13,15,18-19,21,26H,7-12,14H2,1-6H3/t18-,19-,21?/m1/s1. The average molecular weight is 487 g/mol. The van der Waals surface area contributed by atoms with Gasteiger partial charge in [-0.2, -0.15) is 0 Å². The van der Waals surface area contributed by atoms with E-state index in [2.05, 4.69) is 57.6 Å². The third-order valence-electron chi connectivity index (χ3n) is 7.58. The first-order valence-corrected chi connectivity index (χ1v) is 12.3. The van der Waals surface area contributed by atoms with E-state index < -0.39 is 0 Å². The molecule has 2 aromatic rings. The summed E-state index contributed by atoms with van der Waals surface area (Å²) in [6.45, 7) is 11.2.